The third kappa shape index (κ3) is 2.75. The van der Waals surface area contributed by atoms with Crippen molar-refractivity contribution in [1.82, 2.24) is 15.6 Å². The molecule has 3 N–H and O–H groups in total. The van der Waals surface area contributed by atoms with E-state index in [2.05, 4.69) is 26.8 Å². The topological polar surface area (TPSA) is 90.4 Å². The number of aromatic hydroxyl groups is 1. The lowest BCUT2D eigenvalue weighted by molar-refractivity contribution is 0.0949. The Kier molecular flexibility index (Phi) is 4.01. The summed E-state index contributed by atoms with van der Waals surface area (Å²) in [5, 5.41) is 21.2. The maximum absolute atomic E-state index is 12.6. The van der Waals surface area contributed by atoms with Gasteiger partial charge in [-0.3, -0.25) is 9.89 Å². The Hall–Kier alpha value is -3.41. The molecule has 130 valence electrons. The van der Waals surface area contributed by atoms with Crippen molar-refractivity contribution in [1.29, 1.82) is 0 Å². The van der Waals surface area contributed by atoms with Crippen LogP contribution in [0.2, 0.25) is 0 Å². The molecule has 0 fully saturated rings. The minimum absolute atomic E-state index is 0.124. The molecule has 2 aromatic carbocycles. The minimum atomic E-state index is -0.340. The summed E-state index contributed by atoms with van der Waals surface area (Å²) in [5.41, 5.74) is 8.14. The number of rotatable bonds is 3. The lowest BCUT2D eigenvalue weighted by atomic mass is 9.89. The molecule has 0 aliphatic heterocycles. The second kappa shape index (κ2) is 6.48. The van der Waals surface area contributed by atoms with E-state index < -0.39 is 0 Å². The monoisotopic (exact) mass is 346 g/mol. The molecule has 0 saturated heterocycles. The maximum atomic E-state index is 12.6. The van der Waals surface area contributed by atoms with Crippen molar-refractivity contribution in [2.45, 2.75) is 19.8 Å². The van der Waals surface area contributed by atoms with Gasteiger partial charge in [-0.15, -0.1) is 0 Å². The smallest absolute Gasteiger partial charge is 0.289 e. The third-order valence-electron chi connectivity index (χ3n) is 4.63. The van der Waals surface area contributed by atoms with E-state index in [1.54, 1.807) is 31.2 Å². The number of amides is 1. The molecule has 0 unspecified atom stereocenters. The molecule has 4 rings (SSSR count). The number of phenols is 1. The highest BCUT2D eigenvalue weighted by Gasteiger charge is 2.24. The van der Waals surface area contributed by atoms with Crippen LogP contribution in [0.1, 0.15) is 34.1 Å². The molecule has 0 atom stereocenters. The van der Waals surface area contributed by atoms with Gasteiger partial charge in [-0.25, -0.2) is 5.43 Å². The quantitative estimate of drug-likeness (QED) is 0.503. The van der Waals surface area contributed by atoms with Gasteiger partial charge >= 0.3 is 0 Å². The van der Waals surface area contributed by atoms with Crippen molar-refractivity contribution in [3.05, 3.63) is 70.9 Å². The maximum Gasteiger partial charge on any atom is 0.289 e. The minimum Gasteiger partial charge on any atom is -0.507 e. The molecule has 1 aromatic heterocycles. The summed E-state index contributed by atoms with van der Waals surface area (Å²) in [6.45, 7) is 1.73. The van der Waals surface area contributed by atoms with Crippen LogP contribution in [-0.2, 0) is 12.8 Å². The molecule has 6 heteroatoms. The van der Waals surface area contributed by atoms with Gasteiger partial charge in [0.25, 0.3) is 5.91 Å². The molecular formula is C20H18N4O2. The van der Waals surface area contributed by atoms with Crippen molar-refractivity contribution in [3.63, 3.8) is 0 Å². The fourth-order valence-electron chi connectivity index (χ4n) is 3.28. The molecule has 6 nitrogen and oxygen atoms in total. The number of nitrogens with zero attached hydrogens (tertiary/aromatic N) is 2. The number of aromatic amines is 1. The predicted molar refractivity (Wildman–Crippen MR) is 99.2 cm³/mol. The van der Waals surface area contributed by atoms with Crippen LogP contribution in [0.25, 0.3) is 11.3 Å². The number of para-hydroxylation sites is 1. The number of fused-ring (bicyclic) bond motifs is 3. The van der Waals surface area contributed by atoms with Gasteiger partial charge in [0, 0.05) is 16.7 Å². The zero-order chi connectivity index (χ0) is 18.1. The summed E-state index contributed by atoms with van der Waals surface area (Å²) in [5.74, 6) is -0.216. The summed E-state index contributed by atoms with van der Waals surface area (Å²) >= 11 is 0. The lowest BCUT2D eigenvalue weighted by Crippen LogP contribution is -2.21. The number of hydrazone groups is 1. The normalized spacial score (nSPS) is 13.0. The Morgan fingerprint density at radius 2 is 1.92 bits per heavy atom. The van der Waals surface area contributed by atoms with Crippen LogP contribution in [0.5, 0.6) is 5.75 Å². The molecule has 1 heterocycles. The van der Waals surface area contributed by atoms with Gasteiger partial charge in [0.15, 0.2) is 0 Å². The first-order valence-electron chi connectivity index (χ1n) is 8.43. The van der Waals surface area contributed by atoms with Crippen LogP contribution in [0.4, 0.5) is 0 Å². The SMILES string of the molecule is C/C(=N\NC(=O)c1[nH]nc2c1CCc1ccccc1-2)c1ccccc1O. The molecule has 0 radical (unpaired) electrons. The number of H-pyrrole nitrogens is 1. The van der Waals surface area contributed by atoms with Crippen LogP contribution in [0, 0.1) is 0 Å². The van der Waals surface area contributed by atoms with Crippen molar-refractivity contribution in [2.24, 2.45) is 5.10 Å². The Labute approximate surface area is 150 Å². The van der Waals surface area contributed by atoms with Gasteiger partial charge in [0.2, 0.25) is 0 Å². The molecule has 26 heavy (non-hydrogen) atoms. The van der Waals surface area contributed by atoms with E-state index in [4.69, 9.17) is 0 Å². The summed E-state index contributed by atoms with van der Waals surface area (Å²) in [6.07, 6.45) is 1.64. The molecule has 3 aromatic rings. The van der Waals surface area contributed by atoms with Crippen LogP contribution < -0.4 is 5.43 Å². The van der Waals surface area contributed by atoms with Gasteiger partial charge in [0.1, 0.15) is 11.4 Å². The van der Waals surface area contributed by atoms with E-state index >= 15 is 0 Å². The van der Waals surface area contributed by atoms with E-state index in [-0.39, 0.29) is 11.7 Å². The predicted octanol–water partition coefficient (Wildman–Crippen LogP) is 3.03. The second-order valence-corrected chi connectivity index (χ2v) is 6.24. The molecule has 1 amide bonds. The summed E-state index contributed by atoms with van der Waals surface area (Å²) in [7, 11) is 0. The average Bonchev–Trinajstić information content (AvgIpc) is 3.11. The molecule has 1 aliphatic rings. The Balaban J connectivity index is 1.59. The zero-order valence-corrected chi connectivity index (χ0v) is 14.3. The third-order valence-corrected chi connectivity index (χ3v) is 4.63. The number of phenolic OH excluding ortho intramolecular Hbond substituents is 1. The first kappa shape index (κ1) is 16.1. The number of carbonyl (C=O) groups excluding carboxylic acids is 1. The van der Waals surface area contributed by atoms with E-state index in [0.717, 1.165) is 29.7 Å². The molecule has 0 spiro atoms. The van der Waals surface area contributed by atoms with Gasteiger partial charge in [-0.2, -0.15) is 10.2 Å². The summed E-state index contributed by atoms with van der Waals surface area (Å²) in [6, 6.07) is 15.0. The molecule has 1 aliphatic carbocycles. The van der Waals surface area contributed by atoms with Crippen LogP contribution >= 0.6 is 0 Å². The van der Waals surface area contributed by atoms with E-state index in [1.165, 1.54) is 5.56 Å². The van der Waals surface area contributed by atoms with Crippen molar-refractivity contribution in [3.8, 4) is 17.0 Å². The van der Waals surface area contributed by atoms with E-state index in [0.29, 0.717) is 17.0 Å². The fraction of sp³-hybridized carbons (Fsp3) is 0.150. The van der Waals surface area contributed by atoms with Crippen LogP contribution in [-0.4, -0.2) is 26.9 Å². The first-order chi connectivity index (χ1) is 12.6. The van der Waals surface area contributed by atoms with Gasteiger partial charge < -0.3 is 5.11 Å². The number of carbonyl (C=O) groups is 1. The Morgan fingerprint density at radius 3 is 2.77 bits per heavy atom. The zero-order valence-electron chi connectivity index (χ0n) is 14.3. The highest BCUT2D eigenvalue weighted by Crippen LogP contribution is 2.33. The van der Waals surface area contributed by atoms with Crippen LogP contribution in [0.15, 0.2) is 53.6 Å². The fourth-order valence-corrected chi connectivity index (χ4v) is 3.28. The number of hydrogen-bond donors (Lipinski definition) is 3. The molecular weight excluding hydrogens is 328 g/mol. The number of benzene rings is 2. The molecule has 0 bridgehead atoms. The lowest BCUT2D eigenvalue weighted by Gasteiger charge is -2.15. The van der Waals surface area contributed by atoms with Crippen molar-refractivity contribution < 1.29 is 9.90 Å². The Morgan fingerprint density at radius 1 is 1.15 bits per heavy atom. The average molecular weight is 346 g/mol. The van der Waals surface area contributed by atoms with Crippen molar-refractivity contribution >= 4 is 11.6 Å². The first-order valence-corrected chi connectivity index (χ1v) is 8.43. The number of nitrogens with one attached hydrogen (secondary N) is 2. The number of hydrogen-bond acceptors (Lipinski definition) is 4. The van der Waals surface area contributed by atoms with Gasteiger partial charge in [-0.1, -0.05) is 36.4 Å². The summed E-state index contributed by atoms with van der Waals surface area (Å²) in [4.78, 5) is 12.6. The van der Waals surface area contributed by atoms with Crippen molar-refractivity contribution in [2.75, 3.05) is 0 Å². The largest absolute Gasteiger partial charge is 0.507 e. The number of aryl methyl sites for hydroxylation is 1. The van der Waals surface area contributed by atoms with E-state index in [1.807, 2.05) is 18.2 Å². The Bertz CT molecular complexity index is 1020. The highest BCUT2D eigenvalue weighted by molar-refractivity contribution is 6.02. The summed E-state index contributed by atoms with van der Waals surface area (Å²) < 4.78 is 0. The number of aromatic nitrogens is 2. The standard InChI is InChI=1S/C20H18N4O2/c1-12(14-7-4-5-9-17(14)25)21-24-20(26)19-16-11-10-13-6-2-3-8-15(13)18(16)22-23-19/h2-9,25H,10-11H2,1H3,(H,22,23)(H,24,26)/b21-12+. The van der Waals surface area contributed by atoms with Gasteiger partial charge in [-0.05, 0) is 37.5 Å². The second-order valence-electron chi connectivity index (χ2n) is 6.24. The van der Waals surface area contributed by atoms with E-state index in [9.17, 15) is 9.90 Å². The van der Waals surface area contributed by atoms with Gasteiger partial charge in [0.05, 0.1) is 11.4 Å². The molecule has 0 saturated carbocycles. The highest BCUT2D eigenvalue weighted by atomic mass is 16.3. The van der Waals surface area contributed by atoms with Crippen LogP contribution in [0.3, 0.4) is 0 Å².